The summed E-state index contributed by atoms with van der Waals surface area (Å²) in [5.41, 5.74) is 8.46. The van der Waals surface area contributed by atoms with Crippen molar-refractivity contribution >= 4 is 0 Å². The van der Waals surface area contributed by atoms with Gasteiger partial charge in [-0.25, -0.2) is 0 Å². The number of hydrogen-bond acceptors (Lipinski definition) is 4. The Kier molecular flexibility index (Phi) is 5.85. The minimum atomic E-state index is -0.0274. The van der Waals surface area contributed by atoms with Gasteiger partial charge in [-0.1, -0.05) is 25.3 Å². The zero-order valence-electron chi connectivity index (χ0n) is 20.0. The Balaban J connectivity index is 1.56. The van der Waals surface area contributed by atoms with Gasteiger partial charge in [-0.2, -0.15) is 0 Å². The van der Waals surface area contributed by atoms with Crippen LogP contribution in [-0.4, -0.2) is 20.9 Å². The smallest absolute Gasteiger partial charge is 0.0415 e. The summed E-state index contributed by atoms with van der Waals surface area (Å²) >= 11 is 0. The second kappa shape index (κ2) is 8.29. The van der Waals surface area contributed by atoms with Crippen molar-refractivity contribution in [2.75, 3.05) is 0 Å². The Bertz CT molecular complexity index is 881. The molecule has 4 heteroatoms. The SMILES string of the molecule is C=CNC1=C2CCCC(=CC1)N2C(C)(C)CC(C)(C)NC1=C2CCCC(=CC1)N2C=C. The number of rotatable bonds is 8. The molecule has 0 atom stereocenters. The quantitative estimate of drug-likeness (QED) is 0.478. The average Bonchev–Trinajstić information content (AvgIpc) is 2.70. The highest BCUT2D eigenvalue weighted by Crippen LogP contribution is 2.43. The van der Waals surface area contributed by atoms with E-state index in [1.807, 2.05) is 12.4 Å². The fourth-order valence-electron chi connectivity index (χ4n) is 6.32. The van der Waals surface area contributed by atoms with Crippen molar-refractivity contribution in [1.82, 2.24) is 20.4 Å². The number of fused-ring (bicyclic) bond motifs is 4. The van der Waals surface area contributed by atoms with Gasteiger partial charge in [0.15, 0.2) is 0 Å². The molecule has 4 bridgehead atoms. The monoisotopic (exact) mass is 420 g/mol. The van der Waals surface area contributed by atoms with Crippen molar-refractivity contribution in [3.63, 3.8) is 0 Å². The molecule has 4 rings (SSSR count). The summed E-state index contributed by atoms with van der Waals surface area (Å²) in [6.07, 6.45) is 18.7. The zero-order chi connectivity index (χ0) is 22.2. The molecule has 4 heterocycles. The van der Waals surface area contributed by atoms with Crippen molar-refractivity contribution in [3.8, 4) is 0 Å². The van der Waals surface area contributed by atoms with E-state index in [2.05, 4.69) is 73.4 Å². The van der Waals surface area contributed by atoms with E-state index in [-0.39, 0.29) is 11.1 Å². The standard InChI is InChI=1S/C27H40N4/c1-7-28-22-17-16-21-12-10-14-25(22)31(21)27(5,6)19-26(3,4)29-23-18-15-20-11-9-13-24(23)30(20)8-2/h7-8,15-16,28-29H,1-2,9-14,17-19H2,3-6H3. The third-order valence-corrected chi connectivity index (χ3v) is 7.06. The Morgan fingerprint density at radius 2 is 1.55 bits per heavy atom. The van der Waals surface area contributed by atoms with Crippen LogP contribution in [-0.2, 0) is 0 Å². The van der Waals surface area contributed by atoms with E-state index in [4.69, 9.17) is 0 Å². The molecule has 0 aromatic carbocycles. The zero-order valence-corrected chi connectivity index (χ0v) is 20.0. The predicted octanol–water partition coefficient (Wildman–Crippen LogP) is 6.37. The maximum absolute atomic E-state index is 4.07. The predicted molar refractivity (Wildman–Crippen MR) is 130 cm³/mol. The number of nitrogens with zero attached hydrogens (tertiary/aromatic N) is 2. The molecule has 168 valence electrons. The molecule has 31 heavy (non-hydrogen) atoms. The van der Waals surface area contributed by atoms with E-state index in [9.17, 15) is 0 Å². The van der Waals surface area contributed by atoms with Gasteiger partial charge in [-0.15, -0.1) is 0 Å². The molecule has 0 aromatic rings. The minimum Gasteiger partial charge on any atom is -0.382 e. The molecule has 4 aliphatic heterocycles. The molecule has 0 amide bonds. The Morgan fingerprint density at radius 3 is 2.26 bits per heavy atom. The number of piperidine rings is 2. The molecule has 2 N–H and O–H groups in total. The Hall–Kier alpha value is -2.36. The Labute approximate surface area is 189 Å². The van der Waals surface area contributed by atoms with Crippen molar-refractivity contribution in [2.45, 2.75) is 96.6 Å². The summed E-state index contributed by atoms with van der Waals surface area (Å²) < 4.78 is 0. The molecule has 0 saturated carbocycles. The molecule has 4 aliphatic rings. The summed E-state index contributed by atoms with van der Waals surface area (Å²) in [5.74, 6) is 0. The van der Waals surface area contributed by atoms with E-state index >= 15 is 0 Å². The average molecular weight is 421 g/mol. The fraction of sp³-hybridized carbons (Fsp3) is 0.556. The van der Waals surface area contributed by atoms with E-state index in [1.54, 1.807) is 0 Å². The molecular formula is C27H40N4. The van der Waals surface area contributed by atoms with Crippen molar-refractivity contribution in [1.29, 1.82) is 0 Å². The van der Waals surface area contributed by atoms with Gasteiger partial charge in [0.05, 0.1) is 0 Å². The third-order valence-electron chi connectivity index (χ3n) is 7.06. The highest BCUT2D eigenvalue weighted by Gasteiger charge is 2.40. The fourth-order valence-corrected chi connectivity index (χ4v) is 6.32. The van der Waals surface area contributed by atoms with E-state index in [0.29, 0.717) is 0 Å². The van der Waals surface area contributed by atoms with Gasteiger partial charge >= 0.3 is 0 Å². The van der Waals surface area contributed by atoms with Crippen LogP contribution in [0.4, 0.5) is 0 Å². The molecule has 2 fully saturated rings. The Morgan fingerprint density at radius 1 is 0.903 bits per heavy atom. The normalized spacial score (nSPS) is 21.5. The first kappa shape index (κ1) is 21.9. The maximum Gasteiger partial charge on any atom is 0.0415 e. The van der Waals surface area contributed by atoms with Gasteiger partial charge in [0.2, 0.25) is 0 Å². The second-order valence-corrected chi connectivity index (χ2v) is 10.6. The summed E-state index contributed by atoms with van der Waals surface area (Å²) in [6.45, 7) is 17.5. The topological polar surface area (TPSA) is 30.5 Å². The summed E-state index contributed by atoms with van der Waals surface area (Å²) in [6, 6.07) is 0. The van der Waals surface area contributed by atoms with Gasteiger partial charge in [-0.05, 0) is 78.8 Å². The van der Waals surface area contributed by atoms with Crippen molar-refractivity contribution in [3.05, 3.63) is 71.9 Å². The lowest BCUT2D eigenvalue weighted by molar-refractivity contribution is 0.131. The lowest BCUT2D eigenvalue weighted by Gasteiger charge is -2.51. The van der Waals surface area contributed by atoms with Crippen molar-refractivity contribution < 1.29 is 0 Å². The first-order valence-electron chi connectivity index (χ1n) is 12.0. The maximum atomic E-state index is 4.07. The van der Waals surface area contributed by atoms with Gasteiger partial charge in [-0.3, -0.25) is 0 Å². The van der Waals surface area contributed by atoms with Crippen LogP contribution < -0.4 is 10.6 Å². The van der Waals surface area contributed by atoms with Gasteiger partial charge in [0.25, 0.3) is 0 Å². The summed E-state index contributed by atoms with van der Waals surface area (Å²) in [7, 11) is 0. The molecule has 0 aromatic heterocycles. The molecule has 4 nitrogen and oxygen atoms in total. The van der Waals surface area contributed by atoms with Crippen LogP contribution in [0.5, 0.6) is 0 Å². The lowest BCUT2D eigenvalue weighted by Crippen LogP contribution is -2.53. The highest BCUT2D eigenvalue weighted by atomic mass is 15.2. The first-order chi connectivity index (χ1) is 14.8. The number of nitrogens with one attached hydrogen (secondary N) is 2. The third kappa shape index (κ3) is 4.22. The van der Waals surface area contributed by atoms with Crippen LogP contribution in [0.15, 0.2) is 71.9 Å². The van der Waals surface area contributed by atoms with Crippen LogP contribution in [0.25, 0.3) is 0 Å². The largest absolute Gasteiger partial charge is 0.382 e. The highest BCUT2D eigenvalue weighted by molar-refractivity contribution is 5.34. The van der Waals surface area contributed by atoms with E-state index in [0.717, 1.165) is 32.1 Å². The molecule has 0 unspecified atom stereocenters. The number of hydrogen-bond donors (Lipinski definition) is 2. The van der Waals surface area contributed by atoms with E-state index in [1.165, 1.54) is 59.9 Å². The molecule has 0 spiro atoms. The van der Waals surface area contributed by atoms with Gasteiger partial charge in [0, 0.05) is 64.3 Å². The van der Waals surface area contributed by atoms with Crippen molar-refractivity contribution in [2.24, 2.45) is 0 Å². The lowest BCUT2D eigenvalue weighted by atomic mass is 9.81. The van der Waals surface area contributed by atoms with Gasteiger partial charge < -0.3 is 20.4 Å². The van der Waals surface area contributed by atoms with Crippen LogP contribution >= 0.6 is 0 Å². The first-order valence-corrected chi connectivity index (χ1v) is 12.0. The number of allylic oxidation sites excluding steroid dienone is 6. The van der Waals surface area contributed by atoms with Crippen LogP contribution in [0, 0.1) is 0 Å². The van der Waals surface area contributed by atoms with Crippen LogP contribution in [0.3, 0.4) is 0 Å². The molecule has 2 saturated heterocycles. The summed E-state index contributed by atoms with van der Waals surface area (Å²) in [4.78, 5) is 4.94. The molecule has 0 radical (unpaired) electrons. The van der Waals surface area contributed by atoms with Gasteiger partial charge in [0.1, 0.15) is 0 Å². The second-order valence-electron chi connectivity index (χ2n) is 10.6. The van der Waals surface area contributed by atoms with Crippen LogP contribution in [0.1, 0.15) is 85.5 Å². The molecule has 0 aliphatic carbocycles. The summed E-state index contributed by atoms with van der Waals surface area (Å²) in [5, 5.41) is 7.38. The minimum absolute atomic E-state index is 0.0121. The van der Waals surface area contributed by atoms with Crippen LogP contribution in [0.2, 0.25) is 0 Å². The molecular weight excluding hydrogens is 380 g/mol. The van der Waals surface area contributed by atoms with E-state index < -0.39 is 0 Å².